The molecule has 2 aromatic rings. The molecule has 0 atom stereocenters. The minimum absolute atomic E-state index is 0.901. The van der Waals surface area contributed by atoms with Gasteiger partial charge in [-0.1, -0.05) is 12.1 Å². The molecule has 1 aromatic carbocycles. The number of benzene rings is 1. The lowest BCUT2D eigenvalue weighted by atomic mass is 10.1. The molecule has 1 heterocycles. The second kappa shape index (κ2) is 5.70. The van der Waals surface area contributed by atoms with Gasteiger partial charge < -0.3 is 10.2 Å². The first-order valence-electron chi connectivity index (χ1n) is 5.83. The van der Waals surface area contributed by atoms with Crippen molar-refractivity contribution in [2.45, 2.75) is 6.54 Å². The third-order valence-corrected chi connectivity index (χ3v) is 2.77. The second-order valence-electron chi connectivity index (χ2n) is 4.18. The van der Waals surface area contributed by atoms with Gasteiger partial charge in [-0.3, -0.25) is 9.97 Å². The van der Waals surface area contributed by atoms with E-state index in [0.29, 0.717) is 0 Å². The van der Waals surface area contributed by atoms with E-state index in [1.807, 2.05) is 19.2 Å². The lowest BCUT2D eigenvalue weighted by Gasteiger charge is -2.16. The van der Waals surface area contributed by atoms with Gasteiger partial charge in [0.25, 0.3) is 0 Å². The van der Waals surface area contributed by atoms with Crippen molar-refractivity contribution in [1.82, 2.24) is 20.2 Å². The molecule has 17 heavy (non-hydrogen) atoms. The molecule has 1 N–H and O–H groups in total. The van der Waals surface area contributed by atoms with E-state index < -0.39 is 0 Å². The van der Waals surface area contributed by atoms with Crippen LogP contribution in [0, 0.1) is 0 Å². The first kappa shape index (κ1) is 12.0. The molecule has 0 radical (unpaired) electrons. The summed E-state index contributed by atoms with van der Waals surface area (Å²) in [6, 6.07) is 6.16. The van der Waals surface area contributed by atoms with Crippen LogP contribution in [0.4, 0.5) is 0 Å². The highest BCUT2D eigenvalue weighted by atomic mass is 15.1. The number of nitrogens with zero attached hydrogens (tertiary/aromatic N) is 3. The smallest absolute Gasteiger partial charge is 0.0931 e. The lowest BCUT2D eigenvalue weighted by molar-refractivity contribution is 0.329. The zero-order valence-electron chi connectivity index (χ0n) is 10.3. The molecule has 0 aliphatic rings. The first-order chi connectivity index (χ1) is 8.31. The summed E-state index contributed by atoms with van der Waals surface area (Å²) < 4.78 is 0. The number of hydrogen-bond donors (Lipinski definition) is 1. The van der Waals surface area contributed by atoms with Crippen LogP contribution in [0.5, 0.6) is 0 Å². The highest BCUT2D eigenvalue weighted by Gasteiger charge is 2.05. The van der Waals surface area contributed by atoms with Gasteiger partial charge in [0.2, 0.25) is 0 Å². The Morgan fingerprint density at radius 3 is 2.88 bits per heavy atom. The van der Waals surface area contributed by atoms with Crippen LogP contribution in [-0.4, -0.2) is 42.1 Å². The molecule has 0 aliphatic carbocycles. The monoisotopic (exact) mass is 230 g/mol. The Kier molecular flexibility index (Phi) is 4.01. The summed E-state index contributed by atoms with van der Waals surface area (Å²) >= 11 is 0. The summed E-state index contributed by atoms with van der Waals surface area (Å²) in [7, 11) is 4.09. The standard InChI is InChI=1S/C13H18N4/c1-14-8-9-17(2)10-11-4-3-5-12-13(11)16-7-6-15-12/h3-7,14H,8-10H2,1-2H3. The molecular formula is C13H18N4. The molecular weight excluding hydrogens is 212 g/mol. The van der Waals surface area contributed by atoms with Crippen LogP contribution in [0.15, 0.2) is 30.6 Å². The van der Waals surface area contributed by atoms with Gasteiger partial charge in [-0.15, -0.1) is 0 Å². The topological polar surface area (TPSA) is 41.0 Å². The number of nitrogens with one attached hydrogen (secondary N) is 1. The molecule has 0 saturated carbocycles. The summed E-state index contributed by atoms with van der Waals surface area (Å²) in [4.78, 5) is 11.0. The molecule has 0 amide bonds. The summed E-state index contributed by atoms with van der Waals surface area (Å²) in [5.41, 5.74) is 3.20. The largest absolute Gasteiger partial charge is 0.318 e. The van der Waals surface area contributed by atoms with Crippen molar-refractivity contribution < 1.29 is 0 Å². The zero-order valence-corrected chi connectivity index (χ0v) is 10.3. The summed E-state index contributed by atoms with van der Waals surface area (Å²) in [6.07, 6.45) is 3.48. The third-order valence-electron chi connectivity index (χ3n) is 2.77. The maximum absolute atomic E-state index is 4.41. The van der Waals surface area contributed by atoms with E-state index in [2.05, 4.69) is 33.3 Å². The van der Waals surface area contributed by atoms with Crippen LogP contribution in [0.1, 0.15) is 5.56 Å². The Morgan fingerprint density at radius 2 is 2.06 bits per heavy atom. The molecule has 0 unspecified atom stereocenters. The van der Waals surface area contributed by atoms with Crippen LogP contribution in [0.2, 0.25) is 0 Å². The van der Waals surface area contributed by atoms with E-state index in [9.17, 15) is 0 Å². The summed E-state index contributed by atoms with van der Waals surface area (Å²) in [5.74, 6) is 0. The number of aromatic nitrogens is 2. The van der Waals surface area contributed by atoms with Crippen molar-refractivity contribution in [3.63, 3.8) is 0 Å². The quantitative estimate of drug-likeness (QED) is 0.840. The van der Waals surface area contributed by atoms with E-state index in [1.165, 1.54) is 5.56 Å². The van der Waals surface area contributed by atoms with Gasteiger partial charge in [0.15, 0.2) is 0 Å². The van der Waals surface area contributed by atoms with Crippen molar-refractivity contribution >= 4 is 11.0 Å². The van der Waals surface area contributed by atoms with Gasteiger partial charge in [-0.05, 0) is 25.7 Å². The highest BCUT2D eigenvalue weighted by molar-refractivity contribution is 5.77. The predicted molar refractivity (Wildman–Crippen MR) is 69.8 cm³/mol. The third kappa shape index (κ3) is 2.99. The molecule has 0 aliphatic heterocycles. The fraction of sp³-hybridized carbons (Fsp3) is 0.385. The van der Waals surface area contributed by atoms with Gasteiger partial charge in [0, 0.05) is 32.0 Å². The van der Waals surface area contributed by atoms with Crippen LogP contribution >= 0.6 is 0 Å². The van der Waals surface area contributed by atoms with E-state index >= 15 is 0 Å². The Labute approximate surface area is 102 Å². The zero-order chi connectivity index (χ0) is 12.1. The van der Waals surface area contributed by atoms with Crippen molar-refractivity contribution in [3.8, 4) is 0 Å². The van der Waals surface area contributed by atoms with Crippen molar-refractivity contribution in [2.75, 3.05) is 27.2 Å². The molecule has 0 saturated heterocycles. The number of rotatable bonds is 5. The molecule has 4 heteroatoms. The van der Waals surface area contributed by atoms with Gasteiger partial charge in [-0.25, -0.2) is 0 Å². The van der Waals surface area contributed by atoms with Crippen molar-refractivity contribution in [3.05, 3.63) is 36.2 Å². The minimum Gasteiger partial charge on any atom is -0.318 e. The average molecular weight is 230 g/mol. The molecule has 90 valence electrons. The normalized spacial score (nSPS) is 11.2. The Hall–Kier alpha value is -1.52. The highest BCUT2D eigenvalue weighted by Crippen LogP contribution is 2.14. The van der Waals surface area contributed by atoms with Gasteiger partial charge in [0.1, 0.15) is 0 Å². The van der Waals surface area contributed by atoms with Crippen molar-refractivity contribution in [1.29, 1.82) is 0 Å². The number of likely N-dealkylation sites (N-methyl/N-ethyl adjacent to an activating group) is 2. The fourth-order valence-corrected chi connectivity index (χ4v) is 1.85. The number of hydrogen-bond acceptors (Lipinski definition) is 4. The fourth-order valence-electron chi connectivity index (χ4n) is 1.85. The van der Waals surface area contributed by atoms with E-state index in [1.54, 1.807) is 12.4 Å². The van der Waals surface area contributed by atoms with Crippen LogP contribution in [0.3, 0.4) is 0 Å². The summed E-state index contributed by atoms with van der Waals surface area (Å²) in [5, 5.41) is 3.15. The van der Waals surface area contributed by atoms with Crippen molar-refractivity contribution in [2.24, 2.45) is 0 Å². The number of para-hydroxylation sites is 1. The van der Waals surface area contributed by atoms with E-state index in [0.717, 1.165) is 30.7 Å². The van der Waals surface area contributed by atoms with Crippen LogP contribution < -0.4 is 5.32 Å². The van der Waals surface area contributed by atoms with Crippen LogP contribution in [-0.2, 0) is 6.54 Å². The predicted octanol–water partition coefficient (Wildman–Crippen LogP) is 1.28. The van der Waals surface area contributed by atoms with Gasteiger partial charge in [-0.2, -0.15) is 0 Å². The minimum atomic E-state index is 0.901. The molecule has 0 bridgehead atoms. The van der Waals surface area contributed by atoms with Gasteiger partial charge in [0.05, 0.1) is 11.0 Å². The van der Waals surface area contributed by atoms with Crippen LogP contribution in [0.25, 0.3) is 11.0 Å². The Morgan fingerprint density at radius 1 is 1.24 bits per heavy atom. The molecule has 2 rings (SSSR count). The van der Waals surface area contributed by atoms with E-state index in [4.69, 9.17) is 0 Å². The number of fused-ring (bicyclic) bond motifs is 1. The lowest BCUT2D eigenvalue weighted by Crippen LogP contribution is -2.27. The van der Waals surface area contributed by atoms with Gasteiger partial charge >= 0.3 is 0 Å². The SMILES string of the molecule is CNCCN(C)Cc1cccc2nccnc12. The average Bonchev–Trinajstić information content (AvgIpc) is 2.37. The molecule has 0 spiro atoms. The molecule has 4 nitrogen and oxygen atoms in total. The maximum atomic E-state index is 4.41. The molecule has 1 aromatic heterocycles. The second-order valence-corrected chi connectivity index (χ2v) is 4.18. The summed E-state index contributed by atoms with van der Waals surface area (Å²) in [6.45, 7) is 2.91. The Bertz CT molecular complexity index is 478. The Balaban J connectivity index is 2.18. The first-order valence-corrected chi connectivity index (χ1v) is 5.83. The molecule has 0 fully saturated rings. The van der Waals surface area contributed by atoms with E-state index in [-0.39, 0.29) is 0 Å². The maximum Gasteiger partial charge on any atom is 0.0931 e.